The summed E-state index contributed by atoms with van der Waals surface area (Å²) >= 11 is 3.32. The van der Waals surface area contributed by atoms with E-state index < -0.39 is 11.0 Å². The van der Waals surface area contributed by atoms with E-state index in [1.54, 1.807) is 6.20 Å². The fraction of sp³-hybridized carbons (Fsp3) is 0.545. The van der Waals surface area contributed by atoms with Gasteiger partial charge in [0, 0.05) is 12.2 Å². The highest BCUT2D eigenvalue weighted by atomic mass is 79.9. The Morgan fingerprint density at radius 2 is 2.12 bits per heavy atom. The van der Waals surface area contributed by atoms with Crippen molar-refractivity contribution in [2.24, 2.45) is 0 Å². The summed E-state index contributed by atoms with van der Waals surface area (Å²) in [4.78, 5) is 4.06. The fourth-order valence-electron chi connectivity index (χ4n) is 1.09. The van der Waals surface area contributed by atoms with Gasteiger partial charge in [-0.1, -0.05) is 0 Å². The van der Waals surface area contributed by atoms with Gasteiger partial charge >= 0.3 is 0 Å². The minimum Gasteiger partial charge on any atom is -0.249 e. The molecule has 0 spiro atoms. The molecule has 1 rings (SSSR count). The molecule has 0 aliphatic carbocycles. The predicted molar refractivity (Wildman–Crippen MR) is 71.4 cm³/mol. The molecule has 0 radical (unpaired) electrons. The molecular weight excluding hydrogens is 288 g/mol. The molecule has 0 aliphatic heterocycles. The minimum absolute atomic E-state index is 0.0411. The summed E-state index contributed by atoms with van der Waals surface area (Å²) in [7, 11) is -1.06. The first-order valence-corrected chi connectivity index (χ1v) is 7.04. The summed E-state index contributed by atoms with van der Waals surface area (Å²) in [5.41, 5.74) is 1.07. The largest absolute Gasteiger partial charge is 0.249 e. The van der Waals surface area contributed by atoms with E-state index >= 15 is 0 Å². The first-order chi connectivity index (χ1) is 7.30. The summed E-state index contributed by atoms with van der Waals surface area (Å²) in [6.07, 6.45) is 1.73. The van der Waals surface area contributed by atoms with Gasteiger partial charge in [0.15, 0.2) is 0 Å². The van der Waals surface area contributed by atoms with Gasteiger partial charge < -0.3 is 0 Å². The zero-order valence-electron chi connectivity index (χ0n) is 9.95. The molecule has 90 valence electrons. The average molecular weight is 305 g/mol. The van der Waals surface area contributed by atoms with Crippen LogP contribution in [-0.2, 0) is 11.0 Å². The third-order valence-corrected chi connectivity index (χ3v) is 4.20. The van der Waals surface area contributed by atoms with E-state index in [4.69, 9.17) is 0 Å². The van der Waals surface area contributed by atoms with Crippen molar-refractivity contribution in [3.8, 4) is 0 Å². The Hall–Kier alpha value is -0.260. The molecular formula is C11H17BrN2OS. The van der Waals surface area contributed by atoms with Crippen LogP contribution in [0, 0.1) is 0 Å². The van der Waals surface area contributed by atoms with Crippen LogP contribution >= 0.6 is 15.9 Å². The molecule has 1 aromatic heterocycles. The zero-order valence-corrected chi connectivity index (χ0v) is 12.4. The van der Waals surface area contributed by atoms with E-state index in [1.807, 2.05) is 39.8 Å². The third kappa shape index (κ3) is 3.96. The molecule has 1 N–H and O–H groups in total. The van der Waals surface area contributed by atoms with E-state index in [0.29, 0.717) is 0 Å². The molecule has 0 aliphatic rings. The van der Waals surface area contributed by atoms with E-state index in [-0.39, 0.29) is 10.8 Å². The SMILES string of the molecule is CC(NS(=O)C(C)(C)C)c1ccnc(Br)c1. The maximum absolute atomic E-state index is 11.9. The Balaban J connectivity index is 2.73. The Labute approximate surface area is 108 Å². The Bertz CT molecular complexity index is 390. The van der Waals surface area contributed by atoms with Crippen molar-refractivity contribution in [1.29, 1.82) is 0 Å². The van der Waals surface area contributed by atoms with Crippen LogP contribution in [-0.4, -0.2) is 13.9 Å². The summed E-state index contributed by atoms with van der Waals surface area (Å²) < 4.78 is 15.5. The molecule has 0 saturated heterocycles. The lowest BCUT2D eigenvalue weighted by molar-refractivity contribution is 0.616. The second-order valence-electron chi connectivity index (χ2n) is 4.63. The first kappa shape index (κ1) is 13.8. The second-order valence-corrected chi connectivity index (χ2v) is 7.44. The Morgan fingerprint density at radius 3 is 2.62 bits per heavy atom. The van der Waals surface area contributed by atoms with E-state index in [0.717, 1.165) is 10.2 Å². The molecule has 0 saturated carbocycles. The van der Waals surface area contributed by atoms with Crippen LogP contribution in [0.3, 0.4) is 0 Å². The van der Waals surface area contributed by atoms with Crippen molar-refractivity contribution in [2.75, 3.05) is 0 Å². The van der Waals surface area contributed by atoms with Crippen LogP contribution in [0.4, 0.5) is 0 Å². The van der Waals surface area contributed by atoms with Crippen molar-refractivity contribution in [2.45, 2.75) is 38.5 Å². The molecule has 2 atom stereocenters. The maximum atomic E-state index is 11.9. The second kappa shape index (κ2) is 5.38. The summed E-state index contributed by atoms with van der Waals surface area (Å²) in [6, 6.07) is 3.89. The highest BCUT2D eigenvalue weighted by Gasteiger charge is 2.21. The quantitative estimate of drug-likeness (QED) is 0.872. The van der Waals surface area contributed by atoms with Crippen molar-refractivity contribution >= 4 is 26.9 Å². The van der Waals surface area contributed by atoms with Gasteiger partial charge in [-0.05, 0) is 61.3 Å². The van der Waals surface area contributed by atoms with E-state index in [1.165, 1.54) is 0 Å². The van der Waals surface area contributed by atoms with Gasteiger partial charge in [0.25, 0.3) is 0 Å². The number of pyridine rings is 1. The van der Waals surface area contributed by atoms with Gasteiger partial charge in [0.05, 0.1) is 15.7 Å². The van der Waals surface area contributed by atoms with Gasteiger partial charge in [-0.15, -0.1) is 0 Å². The van der Waals surface area contributed by atoms with Gasteiger partial charge in [-0.3, -0.25) is 0 Å². The van der Waals surface area contributed by atoms with Gasteiger partial charge in [-0.2, -0.15) is 0 Å². The number of nitrogens with zero attached hydrogens (tertiary/aromatic N) is 1. The Kier molecular flexibility index (Phi) is 4.64. The van der Waals surface area contributed by atoms with Crippen LogP contribution in [0.15, 0.2) is 22.9 Å². The average Bonchev–Trinajstić information content (AvgIpc) is 2.16. The molecule has 2 unspecified atom stereocenters. The molecule has 0 amide bonds. The van der Waals surface area contributed by atoms with Crippen molar-refractivity contribution in [3.63, 3.8) is 0 Å². The normalized spacial score (nSPS) is 15.8. The van der Waals surface area contributed by atoms with Gasteiger partial charge in [-0.25, -0.2) is 13.9 Å². The lowest BCUT2D eigenvalue weighted by Gasteiger charge is -2.22. The molecule has 3 nitrogen and oxygen atoms in total. The Morgan fingerprint density at radius 1 is 1.50 bits per heavy atom. The molecule has 1 heterocycles. The monoisotopic (exact) mass is 304 g/mol. The van der Waals surface area contributed by atoms with Crippen molar-refractivity contribution < 1.29 is 4.21 Å². The number of aromatic nitrogens is 1. The van der Waals surface area contributed by atoms with Gasteiger partial charge in [0.2, 0.25) is 0 Å². The maximum Gasteiger partial charge on any atom is 0.106 e. The van der Waals surface area contributed by atoms with Crippen molar-refractivity contribution in [3.05, 3.63) is 28.5 Å². The van der Waals surface area contributed by atoms with Crippen LogP contribution in [0.1, 0.15) is 39.3 Å². The van der Waals surface area contributed by atoms with Crippen LogP contribution in [0.25, 0.3) is 0 Å². The fourth-order valence-corrected chi connectivity index (χ4v) is 2.29. The van der Waals surface area contributed by atoms with E-state index in [2.05, 4.69) is 25.6 Å². The molecule has 0 bridgehead atoms. The lowest BCUT2D eigenvalue weighted by atomic mass is 10.1. The molecule has 16 heavy (non-hydrogen) atoms. The molecule has 5 heteroatoms. The van der Waals surface area contributed by atoms with Crippen LogP contribution < -0.4 is 4.72 Å². The number of nitrogens with one attached hydrogen (secondary N) is 1. The lowest BCUT2D eigenvalue weighted by Crippen LogP contribution is -2.34. The minimum atomic E-state index is -1.06. The topological polar surface area (TPSA) is 42.0 Å². The standard InChI is InChI=1S/C11H17BrN2OS/c1-8(14-16(15)11(2,3)4)9-5-6-13-10(12)7-9/h5-8,14H,1-4H3. The van der Waals surface area contributed by atoms with Crippen LogP contribution in [0.2, 0.25) is 0 Å². The predicted octanol–water partition coefficient (Wildman–Crippen LogP) is 2.96. The summed E-state index contributed by atoms with van der Waals surface area (Å²) in [5.74, 6) is 0. The molecule has 0 aromatic carbocycles. The molecule has 1 aromatic rings. The molecule has 0 fully saturated rings. The highest BCUT2D eigenvalue weighted by Crippen LogP contribution is 2.18. The summed E-state index contributed by atoms with van der Waals surface area (Å²) in [6.45, 7) is 7.84. The smallest absolute Gasteiger partial charge is 0.106 e. The number of hydrogen-bond acceptors (Lipinski definition) is 2. The third-order valence-electron chi connectivity index (χ3n) is 2.09. The van der Waals surface area contributed by atoms with Crippen LogP contribution in [0.5, 0.6) is 0 Å². The number of hydrogen-bond donors (Lipinski definition) is 1. The highest BCUT2D eigenvalue weighted by molar-refractivity contribution is 9.10. The number of rotatable bonds is 3. The van der Waals surface area contributed by atoms with Crippen molar-refractivity contribution in [1.82, 2.24) is 9.71 Å². The summed E-state index contributed by atoms with van der Waals surface area (Å²) in [5, 5.41) is 0. The first-order valence-electron chi connectivity index (χ1n) is 5.10. The zero-order chi connectivity index (χ0) is 12.3. The number of halogens is 1. The van der Waals surface area contributed by atoms with E-state index in [9.17, 15) is 4.21 Å². The van der Waals surface area contributed by atoms with Gasteiger partial charge in [0.1, 0.15) is 4.60 Å².